The van der Waals surface area contributed by atoms with Gasteiger partial charge in [0, 0.05) is 32.6 Å². The second-order valence-electron chi connectivity index (χ2n) is 7.04. The maximum Gasteiger partial charge on any atom is 0.271 e. The second kappa shape index (κ2) is 7.86. The molecule has 2 aliphatic rings. The molecule has 2 aliphatic heterocycles. The number of nitrogens with one attached hydrogen (secondary N) is 1. The summed E-state index contributed by atoms with van der Waals surface area (Å²) in [6, 6.07) is 1.77. The van der Waals surface area contributed by atoms with Gasteiger partial charge in [0.25, 0.3) is 11.8 Å². The number of aromatic nitrogens is 2. The highest BCUT2D eigenvalue weighted by Gasteiger charge is 2.32. The number of aryl methyl sites for hydroxylation is 1. The van der Waals surface area contributed by atoms with E-state index in [9.17, 15) is 9.59 Å². The van der Waals surface area contributed by atoms with E-state index in [1.165, 1.54) is 0 Å². The summed E-state index contributed by atoms with van der Waals surface area (Å²) in [6.45, 7) is 4.94. The Labute approximate surface area is 152 Å². The third kappa shape index (κ3) is 4.21. The number of nitrogens with zero attached hydrogens (tertiary/aromatic N) is 5. The van der Waals surface area contributed by atoms with Crippen LogP contribution in [0.15, 0.2) is 11.2 Å². The molecule has 0 saturated carbocycles. The van der Waals surface area contributed by atoms with Crippen LogP contribution in [-0.4, -0.2) is 76.9 Å². The molecule has 0 saturated heterocycles. The number of rotatable bonds is 5. The summed E-state index contributed by atoms with van der Waals surface area (Å²) in [7, 11) is 3.91. The van der Waals surface area contributed by atoms with E-state index in [-0.39, 0.29) is 11.8 Å². The van der Waals surface area contributed by atoms with Crippen LogP contribution in [0.1, 0.15) is 35.9 Å². The molecule has 2 amide bonds. The van der Waals surface area contributed by atoms with Crippen molar-refractivity contribution in [2.45, 2.75) is 39.0 Å². The Morgan fingerprint density at radius 1 is 1.38 bits per heavy atom. The summed E-state index contributed by atoms with van der Waals surface area (Å²) >= 11 is 0. The van der Waals surface area contributed by atoms with Crippen molar-refractivity contribution in [2.75, 3.05) is 33.7 Å². The van der Waals surface area contributed by atoms with Gasteiger partial charge < -0.3 is 20.0 Å². The van der Waals surface area contributed by atoms with E-state index in [2.05, 4.69) is 15.6 Å². The number of likely N-dealkylation sites (N-methyl/N-ethyl adjacent to an activating group) is 1. The van der Waals surface area contributed by atoms with Crippen LogP contribution in [-0.2, 0) is 22.7 Å². The van der Waals surface area contributed by atoms with Crippen LogP contribution in [0, 0.1) is 0 Å². The Hall–Kier alpha value is -2.42. The molecule has 9 nitrogen and oxygen atoms in total. The molecule has 3 heterocycles. The zero-order valence-corrected chi connectivity index (χ0v) is 15.6. The molecule has 0 radical (unpaired) electrons. The Bertz CT molecular complexity index is 711. The van der Waals surface area contributed by atoms with E-state index < -0.39 is 6.10 Å². The largest absolute Gasteiger partial charge is 0.382 e. The molecule has 1 aromatic heterocycles. The minimum atomic E-state index is -0.529. The van der Waals surface area contributed by atoms with Gasteiger partial charge in [-0.25, -0.2) is 0 Å². The highest BCUT2D eigenvalue weighted by atomic mass is 16.6. The number of hydrogen-bond donors (Lipinski definition) is 1. The predicted molar refractivity (Wildman–Crippen MR) is 95.7 cm³/mol. The summed E-state index contributed by atoms with van der Waals surface area (Å²) in [5.74, 6) is -0.245. The number of oxime groups is 1. The fourth-order valence-electron chi connectivity index (χ4n) is 3.08. The van der Waals surface area contributed by atoms with Gasteiger partial charge in [0.15, 0.2) is 5.69 Å². The summed E-state index contributed by atoms with van der Waals surface area (Å²) in [5.41, 5.74) is 2.09. The molecule has 0 unspecified atom stereocenters. The summed E-state index contributed by atoms with van der Waals surface area (Å²) < 4.78 is 1.82. The van der Waals surface area contributed by atoms with Crippen molar-refractivity contribution >= 4 is 17.5 Å². The van der Waals surface area contributed by atoms with E-state index in [1.54, 1.807) is 11.0 Å². The summed E-state index contributed by atoms with van der Waals surface area (Å²) in [6.07, 6.45) is 0.793. The molecule has 0 aromatic carbocycles. The molecule has 1 aromatic rings. The van der Waals surface area contributed by atoms with E-state index >= 15 is 0 Å². The SMILES string of the molecule is CC1=NO[C@@H](C(=O)N2CCCn3nc(C(=O)NCCN(C)C)cc3C2)C1. The number of carbonyl (C=O) groups is 2. The Morgan fingerprint density at radius 3 is 2.88 bits per heavy atom. The van der Waals surface area contributed by atoms with E-state index in [1.807, 2.05) is 30.6 Å². The van der Waals surface area contributed by atoms with Gasteiger partial charge >= 0.3 is 0 Å². The molecule has 3 rings (SSSR count). The minimum absolute atomic E-state index is 0.0581. The van der Waals surface area contributed by atoms with Crippen LogP contribution in [0.4, 0.5) is 0 Å². The second-order valence-corrected chi connectivity index (χ2v) is 7.04. The highest BCUT2D eigenvalue weighted by molar-refractivity contribution is 5.93. The molecule has 1 N–H and O–H groups in total. The average Bonchev–Trinajstić information content (AvgIpc) is 3.15. The lowest BCUT2D eigenvalue weighted by molar-refractivity contribution is -0.142. The van der Waals surface area contributed by atoms with Crippen molar-refractivity contribution in [3.63, 3.8) is 0 Å². The molecule has 142 valence electrons. The van der Waals surface area contributed by atoms with Crippen molar-refractivity contribution in [2.24, 2.45) is 5.16 Å². The monoisotopic (exact) mass is 362 g/mol. The molecule has 0 fully saturated rings. The van der Waals surface area contributed by atoms with Gasteiger partial charge in [-0.2, -0.15) is 5.10 Å². The first-order valence-corrected chi connectivity index (χ1v) is 8.92. The van der Waals surface area contributed by atoms with Gasteiger partial charge in [0.05, 0.1) is 18.0 Å². The fourth-order valence-corrected chi connectivity index (χ4v) is 3.08. The van der Waals surface area contributed by atoms with Gasteiger partial charge in [-0.1, -0.05) is 5.16 Å². The van der Waals surface area contributed by atoms with Crippen LogP contribution in [0.25, 0.3) is 0 Å². The average molecular weight is 362 g/mol. The number of carbonyl (C=O) groups excluding carboxylic acids is 2. The lowest BCUT2D eigenvalue weighted by Gasteiger charge is -2.22. The van der Waals surface area contributed by atoms with Gasteiger partial charge in [0.2, 0.25) is 6.10 Å². The highest BCUT2D eigenvalue weighted by Crippen LogP contribution is 2.18. The molecule has 0 aliphatic carbocycles. The van der Waals surface area contributed by atoms with Crippen molar-refractivity contribution in [3.05, 3.63) is 17.5 Å². The van der Waals surface area contributed by atoms with Gasteiger partial charge in [-0.05, 0) is 33.5 Å². The number of amides is 2. The number of fused-ring (bicyclic) bond motifs is 1. The zero-order chi connectivity index (χ0) is 18.7. The molecular weight excluding hydrogens is 336 g/mol. The van der Waals surface area contributed by atoms with E-state index in [0.717, 1.165) is 24.4 Å². The Balaban J connectivity index is 1.63. The summed E-state index contributed by atoms with van der Waals surface area (Å²) in [5, 5.41) is 11.1. The Morgan fingerprint density at radius 2 is 2.19 bits per heavy atom. The van der Waals surface area contributed by atoms with Crippen molar-refractivity contribution in [3.8, 4) is 0 Å². The third-order valence-electron chi connectivity index (χ3n) is 4.50. The molecule has 26 heavy (non-hydrogen) atoms. The smallest absolute Gasteiger partial charge is 0.271 e. The predicted octanol–water partition coefficient (Wildman–Crippen LogP) is 0.0716. The van der Waals surface area contributed by atoms with Gasteiger partial charge in [-0.3, -0.25) is 14.3 Å². The molecule has 0 bridgehead atoms. The van der Waals surface area contributed by atoms with Crippen LogP contribution in [0.2, 0.25) is 0 Å². The Kier molecular flexibility index (Phi) is 5.55. The fraction of sp³-hybridized carbons (Fsp3) is 0.647. The first-order valence-electron chi connectivity index (χ1n) is 8.92. The normalized spacial score (nSPS) is 19.6. The maximum atomic E-state index is 12.7. The summed E-state index contributed by atoms with van der Waals surface area (Å²) in [4.78, 5) is 33.9. The zero-order valence-electron chi connectivity index (χ0n) is 15.6. The first kappa shape index (κ1) is 18.4. The van der Waals surface area contributed by atoms with Gasteiger partial charge in [0.1, 0.15) is 0 Å². The molecule has 9 heteroatoms. The van der Waals surface area contributed by atoms with Crippen molar-refractivity contribution in [1.82, 2.24) is 24.9 Å². The van der Waals surface area contributed by atoms with Gasteiger partial charge in [-0.15, -0.1) is 0 Å². The molecule has 1 atom stereocenters. The lowest BCUT2D eigenvalue weighted by Crippen LogP contribution is -2.39. The topological polar surface area (TPSA) is 92.1 Å². The van der Waals surface area contributed by atoms with Crippen LogP contribution < -0.4 is 5.32 Å². The van der Waals surface area contributed by atoms with Crippen molar-refractivity contribution in [1.29, 1.82) is 0 Å². The van der Waals surface area contributed by atoms with Crippen molar-refractivity contribution < 1.29 is 14.4 Å². The van der Waals surface area contributed by atoms with Crippen LogP contribution in [0.5, 0.6) is 0 Å². The third-order valence-corrected chi connectivity index (χ3v) is 4.50. The number of hydrogen-bond acceptors (Lipinski definition) is 6. The van der Waals surface area contributed by atoms with Crippen LogP contribution in [0.3, 0.4) is 0 Å². The van der Waals surface area contributed by atoms with E-state index in [0.29, 0.717) is 38.3 Å². The quantitative estimate of drug-likeness (QED) is 0.800. The molecular formula is C17H26N6O3. The maximum absolute atomic E-state index is 12.7. The minimum Gasteiger partial charge on any atom is -0.382 e. The molecule has 0 spiro atoms. The lowest BCUT2D eigenvalue weighted by atomic mass is 10.1. The van der Waals surface area contributed by atoms with Crippen LogP contribution >= 0.6 is 0 Å². The van der Waals surface area contributed by atoms with E-state index in [4.69, 9.17) is 4.84 Å². The standard InChI is InChI=1S/C17H26N6O3/c1-12-9-15(26-20-12)17(25)22-6-4-7-23-13(11-22)10-14(19-23)16(24)18-5-8-21(2)3/h10,15H,4-9,11H2,1-3H3,(H,18,24)/t15-/m1/s1. The first-order chi connectivity index (χ1) is 12.4.